The van der Waals surface area contributed by atoms with Crippen molar-refractivity contribution in [3.63, 3.8) is 0 Å². The molecule has 3 rings (SSSR count). The lowest BCUT2D eigenvalue weighted by molar-refractivity contribution is 0.0912. The van der Waals surface area contributed by atoms with Crippen LogP contribution < -0.4 is 10.1 Å². The van der Waals surface area contributed by atoms with Crippen LogP contribution in [-0.2, 0) is 6.54 Å². The fourth-order valence-electron chi connectivity index (χ4n) is 2.70. The number of rotatable bonds is 5. The maximum Gasteiger partial charge on any atom is 0.287 e. The van der Waals surface area contributed by atoms with Crippen molar-refractivity contribution in [1.29, 1.82) is 0 Å². The minimum absolute atomic E-state index is 0.0348. The fourth-order valence-corrected chi connectivity index (χ4v) is 3.57. The van der Waals surface area contributed by atoms with Crippen LogP contribution in [0.5, 0.6) is 0 Å². The zero-order valence-electron chi connectivity index (χ0n) is 16.4. The first-order valence-electron chi connectivity index (χ1n) is 9.03. The summed E-state index contributed by atoms with van der Waals surface area (Å²) in [5.41, 5.74) is 2.53. The van der Waals surface area contributed by atoms with Crippen LogP contribution >= 0.6 is 11.3 Å². The van der Waals surface area contributed by atoms with E-state index in [1.54, 1.807) is 18.2 Å². The van der Waals surface area contributed by atoms with Gasteiger partial charge in [-0.25, -0.2) is 0 Å². The van der Waals surface area contributed by atoms with Gasteiger partial charge < -0.3 is 14.3 Å². The molecule has 2 amide bonds. The molecule has 0 spiro atoms. The summed E-state index contributed by atoms with van der Waals surface area (Å²) in [6.45, 7) is 8.07. The Labute approximate surface area is 167 Å². The lowest BCUT2D eigenvalue weighted by Crippen LogP contribution is -2.29. The second-order valence-corrected chi connectivity index (χ2v) is 7.76. The maximum absolute atomic E-state index is 12.5. The monoisotopic (exact) mass is 397 g/mol. The Hall–Kier alpha value is -2.93. The molecular formula is C21H23N3O3S. The van der Waals surface area contributed by atoms with Crippen LogP contribution in [0.3, 0.4) is 0 Å². The molecule has 0 unspecified atom stereocenters. The van der Waals surface area contributed by atoms with E-state index in [1.165, 1.54) is 11.3 Å². The third-order valence-electron chi connectivity index (χ3n) is 4.07. The van der Waals surface area contributed by atoms with Gasteiger partial charge in [-0.3, -0.25) is 9.59 Å². The summed E-state index contributed by atoms with van der Waals surface area (Å²) in [7, 11) is 0. The number of carbonyl (C=O) groups excluding carboxylic acids is 2. The van der Waals surface area contributed by atoms with Crippen molar-refractivity contribution in [2.24, 2.45) is 4.99 Å². The molecule has 146 valence electrons. The SMILES string of the molecule is Cc1cccc(C(=O)N=c2scc(C)n2Cc2ccc(C(=O)NC(C)C)o2)c1. The molecule has 0 bridgehead atoms. The van der Waals surface area contributed by atoms with Crippen molar-refractivity contribution in [2.45, 2.75) is 40.3 Å². The molecule has 2 heterocycles. The van der Waals surface area contributed by atoms with Gasteiger partial charge in [-0.2, -0.15) is 4.99 Å². The molecule has 1 N–H and O–H groups in total. The van der Waals surface area contributed by atoms with E-state index in [0.29, 0.717) is 22.7 Å². The second kappa shape index (κ2) is 8.39. The molecule has 1 aromatic carbocycles. The van der Waals surface area contributed by atoms with Crippen LogP contribution in [0.4, 0.5) is 0 Å². The summed E-state index contributed by atoms with van der Waals surface area (Å²) in [5, 5.41) is 4.74. The Morgan fingerprint density at radius 3 is 2.71 bits per heavy atom. The topological polar surface area (TPSA) is 76.6 Å². The first-order chi connectivity index (χ1) is 13.3. The summed E-state index contributed by atoms with van der Waals surface area (Å²) >= 11 is 1.40. The van der Waals surface area contributed by atoms with Gasteiger partial charge in [-0.1, -0.05) is 17.7 Å². The molecule has 0 aliphatic heterocycles. The van der Waals surface area contributed by atoms with Crippen molar-refractivity contribution in [3.05, 3.63) is 74.9 Å². The van der Waals surface area contributed by atoms with E-state index < -0.39 is 0 Å². The number of benzene rings is 1. The second-order valence-electron chi connectivity index (χ2n) is 6.93. The van der Waals surface area contributed by atoms with E-state index in [0.717, 1.165) is 11.3 Å². The number of amides is 2. The summed E-state index contributed by atoms with van der Waals surface area (Å²) < 4.78 is 7.58. The van der Waals surface area contributed by atoms with Gasteiger partial charge in [0, 0.05) is 22.7 Å². The van der Waals surface area contributed by atoms with Gasteiger partial charge in [-0.15, -0.1) is 11.3 Å². The van der Waals surface area contributed by atoms with Gasteiger partial charge in [0.05, 0.1) is 6.54 Å². The highest BCUT2D eigenvalue weighted by Gasteiger charge is 2.14. The number of nitrogens with zero attached hydrogens (tertiary/aromatic N) is 2. The first-order valence-corrected chi connectivity index (χ1v) is 9.91. The van der Waals surface area contributed by atoms with Gasteiger partial charge >= 0.3 is 0 Å². The Balaban J connectivity index is 1.85. The normalized spacial score (nSPS) is 11.8. The highest BCUT2D eigenvalue weighted by molar-refractivity contribution is 7.07. The predicted octanol–water partition coefficient (Wildman–Crippen LogP) is 3.69. The van der Waals surface area contributed by atoms with Crippen molar-refractivity contribution >= 4 is 23.2 Å². The Morgan fingerprint density at radius 2 is 2.00 bits per heavy atom. The average molecular weight is 398 g/mol. The number of carbonyl (C=O) groups is 2. The minimum Gasteiger partial charge on any atom is -0.454 e. The molecule has 0 saturated heterocycles. The number of aromatic nitrogens is 1. The van der Waals surface area contributed by atoms with Crippen LogP contribution in [0.1, 0.15) is 51.8 Å². The number of hydrogen-bond donors (Lipinski definition) is 1. The molecule has 28 heavy (non-hydrogen) atoms. The number of furan rings is 1. The Morgan fingerprint density at radius 1 is 1.21 bits per heavy atom. The smallest absolute Gasteiger partial charge is 0.287 e. The van der Waals surface area contributed by atoms with Gasteiger partial charge in [0.25, 0.3) is 11.8 Å². The molecule has 0 radical (unpaired) electrons. The highest BCUT2D eigenvalue weighted by Crippen LogP contribution is 2.12. The van der Waals surface area contributed by atoms with E-state index in [1.807, 2.05) is 55.8 Å². The van der Waals surface area contributed by atoms with E-state index in [9.17, 15) is 9.59 Å². The van der Waals surface area contributed by atoms with Gasteiger partial charge in [-0.05, 0) is 52.0 Å². The Kier molecular flexibility index (Phi) is 5.94. The van der Waals surface area contributed by atoms with Gasteiger partial charge in [0.15, 0.2) is 10.6 Å². The summed E-state index contributed by atoms with van der Waals surface area (Å²) in [6.07, 6.45) is 0. The van der Waals surface area contributed by atoms with E-state index in [-0.39, 0.29) is 23.6 Å². The van der Waals surface area contributed by atoms with Crippen LogP contribution in [0.25, 0.3) is 0 Å². The van der Waals surface area contributed by atoms with Crippen molar-refractivity contribution in [1.82, 2.24) is 9.88 Å². The molecule has 3 aromatic rings. The van der Waals surface area contributed by atoms with Crippen LogP contribution in [0.2, 0.25) is 0 Å². The lowest BCUT2D eigenvalue weighted by Gasteiger charge is -2.06. The summed E-state index contributed by atoms with van der Waals surface area (Å²) in [4.78, 5) is 29.5. The van der Waals surface area contributed by atoms with Gasteiger partial charge in [0.2, 0.25) is 0 Å². The quantitative estimate of drug-likeness (QED) is 0.713. The standard InChI is InChI=1S/C21H23N3O3S/c1-13(2)22-20(26)18-9-8-17(27-18)11-24-15(4)12-28-21(24)23-19(25)16-7-5-6-14(3)10-16/h5-10,12-13H,11H2,1-4H3,(H,22,26). The fraction of sp³-hybridized carbons (Fsp3) is 0.286. The van der Waals surface area contributed by atoms with E-state index >= 15 is 0 Å². The van der Waals surface area contributed by atoms with Crippen LogP contribution in [0.15, 0.2) is 51.2 Å². The van der Waals surface area contributed by atoms with Crippen LogP contribution in [0, 0.1) is 13.8 Å². The molecule has 0 saturated carbocycles. The zero-order chi connectivity index (χ0) is 20.3. The highest BCUT2D eigenvalue weighted by atomic mass is 32.1. The molecule has 2 aromatic heterocycles. The summed E-state index contributed by atoms with van der Waals surface area (Å²) in [6, 6.07) is 10.8. The molecule has 0 aliphatic rings. The number of thiazole rings is 1. The van der Waals surface area contributed by atoms with Crippen molar-refractivity contribution in [3.8, 4) is 0 Å². The molecule has 6 nitrogen and oxygen atoms in total. The maximum atomic E-state index is 12.5. The average Bonchev–Trinajstić information content (AvgIpc) is 3.23. The molecule has 0 atom stereocenters. The first kappa shape index (κ1) is 19.8. The largest absolute Gasteiger partial charge is 0.454 e. The lowest BCUT2D eigenvalue weighted by atomic mass is 10.1. The van der Waals surface area contributed by atoms with Gasteiger partial charge in [0.1, 0.15) is 5.76 Å². The Bertz CT molecular complexity index is 1070. The third kappa shape index (κ3) is 4.67. The molecular weight excluding hydrogens is 374 g/mol. The molecule has 0 fully saturated rings. The van der Waals surface area contributed by atoms with E-state index in [4.69, 9.17) is 4.42 Å². The number of aryl methyl sites for hydroxylation is 2. The molecule has 0 aliphatic carbocycles. The number of hydrogen-bond acceptors (Lipinski definition) is 4. The van der Waals surface area contributed by atoms with E-state index in [2.05, 4.69) is 10.3 Å². The minimum atomic E-state index is -0.282. The summed E-state index contributed by atoms with van der Waals surface area (Å²) in [5.74, 6) is 0.370. The van der Waals surface area contributed by atoms with Crippen LogP contribution in [-0.4, -0.2) is 22.4 Å². The van der Waals surface area contributed by atoms with Crippen molar-refractivity contribution in [2.75, 3.05) is 0 Å². The van der Waals surface area contributed by atoms with Crippen molar-refractivity contribution < 1.29 is 14.0 Å². The molecule has 7 heteroatoms. The number of nitrogens with one attached hydrogen (secondary N) is 1. The zero-order valence-corrected chi connectivity index (χ0v) is 17.2. The predicted molar refractivity (Wildman–Crippen MR) is 109 cm³/mol. The third-order valence-corrected chi connectivity index (χ3v) is 5.05.